The lowest BCUT2D eigenvalue weighted by Crippen LogP contribution is -1.63. The molecule has 20 heavy (non-hydrogen) atoms. The average Bonchev–Trinajstić information content (AvgIpc) is 2.49. The third-order valence-electron chi connectivity index (χ3n) is 2.07. The molecule has 0 spiro atoms. The van der Waals surface area contributed by atoms with Crippen LogP contribution in [-0.2, 0) is 0 Å². The molecule has 0 saturated heterocycles. The first-order valence-corrected chi connectivity index (χ1v) is 6.57. The standard InChI is InChI=1S/2C8H8.C4H8/c2*1-2-8-6-4-3-5-7-8;1-4(2)3/h2*2-7H,1H2;1H2,2-3H3. The van der Waals surface area contributed by atoms with Crippen molar-refractivity contribution >= 4 is 12.2 Å². The summed E-state index contributed by atoms with van der Waals surface area (Å²) in [4.78, 5) is 0. The Labute approximate surface area is 123 Å². The fourth-order valence-electron chi connectivity index (χ4n) is 1.18. The van der Waals surface area contributed by atoms with Crippen LogP contribution in [0.4, 0.5) is 0 Å². The maximum atomic E-state index is 3.63. The highest BCUT2D eigenvalue weighted by molar-refractivity contribution is 5.46. The molecule has 2 aromatic rings. The molecule has 0 fully saturated rings. The zero-order valence-electron chi connectivity index (χ0n) is 12.5. The van der Waals surface area contributed by atoms with Gasteiger partial charge in [0.25, 0.3) is 0 Å². The normalized spacial score (nSPS) is 8.10. The van der Waals surface area contributed by atoms with Gasteiger partial charge in [0.2, 0.25) is 0 Å². The van der Waals surface area contributed by atoms with Gasteiger partial charge in [0.15, 0.2) is 0 Å². The van der Waals surface area contributed by atoms with Gasteiger partial charge in [-0.05, 0) is 25.0 Å². The van der Waals surface area contributed by atoms with Crippen molar-refractivity contribution in [2.75, 3.05) is 0 Å². The van der Waals surface area contributed by atoms with Crippen molar-refractivity contribution in [2.45, 2.75) is 13.8 Å². The van der Waals surface area contributed by atoms with Crippen molar-refractivity contribution in [2.24, 2.45) is 0 Å². The maximum absolute atomic E-state index is 3.63. The predicted molar refractivity (Wildman–Crippen MR) is 93.6 cm³/mol. The van der Waals surface area contributed by atoms with Gasteiger partial charge in [0.1, 0.15) is 0 Å². The summed E-state index contributed by atoms with van der Waals surface area (Å²) in [6, 6.07) is 20.1. The second-order valence-corrected chi connectivity index (χ2v) is 4.44. The highest BCUT2D eigenvalue weighted by Crippen LogP contribution is 1.98. The minimum Gasteiger partial charge on any atom is -0.100 e. The van der Waals surface area contributed by atoms with E-state index in [0.717, 1.165) is 0 Å². The van der Waals surface area contributed by atoms with Crippen LogP contribution in [0.3, 0.4) is 0 Å². The van der Waals surface area contributed by atoms with Crippen molar-refractivity contribution < 1.29 is 0 Å². The molecule has 2 rings (SSSR count). The van der Waals surface area contributed by atoms with E-state index in [0.29, 0.717) is 0 Å². The molecular formula is C20H24. The minimum absolute atomic E-state index is 1.17. The second-order valence-electron chi connectivity index (χ2n) is 4.44. The molecule has 0 radical (unpaired) electrons. The molecule has 0 aliphatic heterocycles. The van der Waals surface area contributed by atoms with E-state index in [4.69, 9.17) is 0 Å². The van der Waals surface area contributed by atoms with E-state index in [-0.39, 0.29) is 0 Å². The summed E-state index contributed by atoms with van der Waals surface area (Å²) < 4.78 is 0. The van der Waals surface area contributed by atoms with Gasteiger partial charge >= 0.3 is 0 Å². The molecule has 0 amide bonds. The lowest BCUT2D eigenvalue weighted by atomic mass is 10.2. The summed E-state index contributed by atoms with van der Waals surface area (Å²) >= 11 is 0. The number of allylic oxidation sites excluding steroid dienone is 1. The SMILES string of the molecule is C=C(C)C.C=Cc1ccccc1.C=Cc1ccccc1. The molecule has 0 aromatic heterocycles. The van der Waals surface area contributed by atoms with Gasteiger partial charge in [0, 0.05) is 0 Å². The van der Waals surface area contributed by atoms with Crippen LogP contribution in [0.15, 0.2) is 86.0 Å². The summed E-state index contributed by atoms with van der Waals surface area (Å²) in [6.07, 6.45) is 3.67. The minimum atomic E-state index is 1.17. The van der Waals surface area contributed by atoms with Crippen LogP contribution in [0.25, 0.3) is 12.2 Å². The van der Waals surface area contributed by atoms with Gasteiger partial charge < -0.3 is 0 Å². The van der Waals surface area contributed by atoms with Crippen LogP contribution in [0.5, 0.6) is 0 Å². The third kappa shape index (κ3) is 10.8. The van der Waals surface area contributed by atoms with Crippen LogP contribution in [0.2, 0.25) is 0 Å². The first-order valence-electron chi connectivity index (χ1n) is 6.57. The predicted octanol–water partition coefficient (Wildman–Crippen LogP) is 6.24. The van der Waals surface area contributed by atoms with Gasteiger partial charge in [-0.2, -0.15) is 0 Å². The highest BCUT2D eigenvalue weighted by Gasteiger charge is 1.76. The Bertz CT molecular complexity index is 445. The van der Waals surface area contributed by atoms with Crippen LogP contribution < -0.4 is 0 Å². The van der Waals surface area contributed by atoms with Crippen molar-refractivity contribution in [3.8, 4) is 0 Å². The first kappa shape index (κ1) is 17.7. The molecule has 0 nitrogen and oxygen atoms in total. The topological polar surface area (TPSA) is 0 Å². The van der Waals surface area contributed by atoms with Crippen LogP contribution in [0, 0.1) is 0 Å². The van der Waals surface area contributed by atoms with Gasteiger partial charge in [0.05, 0.1) is 0 Å². The molecule has 0 heterocycles. The van der Waals surface area contributed by atoms with Crippen molar-refractivity contribution in [3.05, 3.63) is 97.1 Å². The van der Waals surface area contributed by atoms with Gasteiger partial charge in [-0.25, -0.2) is 0 Å². The fraction of sp³-hybridized carbons (Fsp3) is 0.100. The molecule has 0 bridgehead atoms. The quantitative estimate of drug-likeness (QED) is 0.563. The van der Waals surface area contributed by atoms with Crippen LogP contribution in [-0.4, -0.2) is 0 Å². The lowest BCUT2D eigenvalue weighted by molar-refractivity contribution is 1.42. The third-order valence-corrected chi connectivity index (χ3v) is 2.07. The Morgan fingerprint density at radius 1 is 0.700 bits per heavy atom. The summed E-state index contributed by atoms with van der Waals surface area (Å²) in [7, 11) is 0. The van der Waals surface area contributed by atoms with Gasteiger partial charge in [-0.1, -0.05) is 91.5 Å². The number of rotatable bonds is 2. The van der Waals surface area contributed by atoms with E-state index in [1.54, 1.807) is 0 Å². The Morgan fingerprint density at radius 2 is 0.950 bits per heavy atom. The Balaban J connectivity index is 0.000000289. The van der Waals surface area contributed by atoms with E-state index in [1.165, 1.54) is 16.7 Å². The zero-order chi connectivity index (χ0) is 15.2. The van der Waals surface area contributed by atoms with E-state index in [9.17, 15) is 0 Å². The number of hydrogen-bond donors (Lipinski definition) is 0. The number of benzene rings is 2. The van der Waals surface area contributed by atoms with Crippen LogP contribution in [0.1, 0.15) is 25.0 Å². The van der Waals surface area contributed by atoms with Crippen molar-refractivity contribution in [1.82, 2.24) is 0 Å². The Morgan fingerprint density at radius 3 is 1.10 bits per heavy atom. The average molecular weight is 264 g/mol. The van der Waals surface area contributed by atoms with E-state index in [1.807, 2.05) is 86.7 Å². The lowest BCUT2D eigenvalue weighted by Gasteiger charge is -1.85. The van der Waals surface area contributed by atoms with Crippen molar-refractivity contribution in [3.63, 3.8) is 0 Å². The van der Waals surface area contributed by atoms with Gasteiger partial charge in [-0.3, -0.25) is 0 Å². The molecule has 0 aliphatic rings. The molecule has 0 atom stereocenters. The van der Waals surface area contributed by atoms with Gasteiger partial charge in [-0.15, -0.1) is 6.58 Å². The molecule has 0 heteroatoms. The molecule has 104 valence electrons. The molecule has 0 aliphatic carbocycles. The summed E-state index contributed by atoms with van der Waals surface area (Å²) in [6.45, 7) is 14.8. The smallest absolute Gasteiger partial charge is 0.0263 e. The zero-order valence-corrected chi connectivity index (χ0v) is 12.5. The largest absolute Gasteiger partial charge is 0.100 e. The first-order chi connectivity index (χ1) is 9.60. The highest BCUT2D eigenvalue weighted by atomic mass is 13.8. The summed E-state index contributed by atoms with van der Waals surface area (Å²) in [5, 5.41) is 0. The van der Waals surface area contributed by atoms with E-state index >= 15 is 0 Å². The Hall–Kier alpha value is -2.34. The Kier molecular flexibility index (Phi) is 10.4. The van der Waals surface area contributed by atoms with Crippen molar-refractivity contribution in [1.29, 1.82) is 0 Å². The monoisotopic (exact) mass is 264 g/mol. The number of hydrogen-bond acceptors (Lipinski definition) is 0. The summed E-state index contributed by atoms with van der Waals surface area (Å²) in [5.74, 6) is 0. The molecular weight excluding hydrogens is 240 g/mol. The molecule has 0 saturated carbocycles. The fourth-order valence-corrected chi connectivity index (χ4v) is 1.18. The maximum Gasteiger partial charge on any atom is -0.0263 e. The van der Waals surface area contributed by atoms with Crippen LogP contribution >= 0.6 is 0 Å². The van der Waals surface area contributed by atoms with E-state index < -0.39 is 0 Å². The molecule has 2 aromatic carbocycles. The summed E-state index contributed by atoms with van der Waals surface area (Å²) in [5.41, 5.74) is 3.51. The molecule has 0 unspecified atom stereocenters. The molecule has 0 N–H and O–H groups in total. The second kappa shape index (κ2) is 11.7. The van der Waals surface area contributed by atoms with E-state index in [2.05, 4.69) is 19.7 Å².